The van der Waals surface area contributed by atoms with Crippen LogP contribution in [0.1, 0.15) is 73.5 Å². The number of aromatic nitrogens is 2. The minimum Gasteiger partial charge on any atom is -0.508 e. The largest absolute Gasteiger partial charge is 0.508 e. The smallest absolute Gasteiger partial charge is 0.318 e. The molecule has 3 aromatic rings. The van der Waals surface area contributed by atoms with E-state index in [2.05, 4.69) is 15.9 Å². The summed E-state index contributed by atoms with van der Waals surface area (Å²) in [6.45, 7) is 6.08. The van der Waals surface area contributed by atoms with Gasteiger partial charge in [0.05, 0.1) is 29.5 Å². The predicted molar refractivity (Wildman–Crippen MR) is 161 cm³/mol. The van der Waals surface area contributed by atoms with Crippen LogP contribution in [0.2, 0.25) is 0 Å². The number of aromatic hydroxyl groups is 1. The van der Waals surface area contributed by atoms with Crippen molar-refractivity contribution in [2.24, 2.45) is 5.92 Å². The van der Waals surface area contributed by atoms with Crippen LogP contribution in [0.15, 0.2) is 24.3 Å². The van der Waals surface area contributed by atoms with Crippen LogP contribution in [-0.2, 0) is 13.0 Å². The minimum atomic E-state index is -0.341. The van der Waals surface area contributed by atoms with Crippen molar-refractivity contribution in [3.8, 4) is 17.8 Å². The van der Waals surface area contributed by atoms with Crippen LogP contribution in [-0.4, -0.2) is 64.2 Å². The molecule has 5 heterocycles. The van der Waals surface area contributed by atoms with Gasteiger partial charge in [0.15, 0.2) is 0 Å². The van der Waals surface area contributed by atoms with Crippen molar-refractivity contribution in [3.05, 3.63) is 46.9 Å². The highest BCUT2D eigenvalue weighted by molar-refractivity contribution is 6.16. The van der Waals surface area contributed by atoms with Crippen LogP contribution >= 0.6 is 0 Å². The third-order valence-corrected chi connectivity index (χ3v) is 9.97. The number of halogens is 1. The summed E-state index contributed by atoms with van der Waals surface area (Å²) in [6.07, 6.45) is 7.26. The molecule has 43 heavy (non-hydrogen) atoms. The van der Waals surface area contributed by atoms with Crippen molar-refractivity contribution >= 4 is 28.2 Å². The molecule has 1 atom stereocenters. The van der Waals surface area contributed by atoms with E-state index in [0.717, 1.165) is 58.2 Å². The molecule has 0 saturated carbocycles. The van der Waals surface area contributed by atoms with E-state index in [0.29, 0.717) is 65.1 Å². The summed E-state index contributed by atoms with van der Waals surface area (Å²) in [6, 6.07) is 8.74. The van der Waals surface area contributed by atoms with E-state index >= 15 is 0 Å². The molecule has 0 radical (unpaired) electrons. The maximum Gasteiger partial charge on any atom is 0.318 e. The Hall–Kier alpha value is -3.97. The second-order valence-corrected chi connectivity index (χ2v) is 12.5. The second-order valence-electron chi connectivity index (χ2n) is 12.5. The zero-order valence-corrected chi connectivity index (χ0v) is 24.6. The normalized spacial score (nSPS) is 21.3. The third kappa shape index (κ3) is 4.74. The highest BCUT2D eigenvalue weighted by Gasteiger charge is 2.45. The molecule has 0 aliphatic carbocycles. The number of ether oxygens (including phenoxy) is 1. The minimum absolute atomic E-state index is 0.00237. The summed E-state index contributed by atoms with van der Waals surface area (Å²) in [5.41, 5.74) is 1.95. The molecule has 7 rings (SSSR count). The van der Waals surface area contributed by atoms with Crippen molar-refractivity contribution in [1.29, 1.82) is 5.26 Å². The van der Waals surface area contributed by atoms with E-state index in [9.17, 15) is 19.6 Å². The molecule has 2 aromatic carbocycles. The van der Waals surface area contributed by atoms with Crippen LogP contribution in [0, 0.1) is 23.1 Å². The summed E-state index contributed by atoms with van der Waals surface area (Å²) in [7, 11) is 0. The first-order valence-electron chi connectivity index (χ1n) is 15.6. The van der Waals surface area contributed by atoms with Crippen molar-refractivity contribution < 1.29 is 19.0 Å². The molecule has 1 N–H and O–H groups in total. The van der Waals surface area contributed by atoms with E-state index in [4.69, 9.17) is 14.7 Å². The van der Waals surface area contributed by atoms with E-state index in [1.807, 2.05) is 6.92 Å². The Bertz CT molecular complexity index is 1630. The highest BCUT2D eigenvalue weighted by Crippen LogP contribution is 2.42. The molecule has 0 spiro atoms. The lowest BCUT2D eigenvalue weighted by Gasteiger charge is -2.34. The molecule has 4 aliphatic rings. The number of hydrogen-bond acceptors (Lipinski definition) is 8. The van der Waals surface area contributed by atoms with Crippen molar-refractivity contribution in [2.45, 2.75) is 70.4 Å². The number of fused-ring (bicyclic) bond motifs is 3. The molecule has 4 aliphatic heterocycles. The Kier molecular flexibility index (Phi) is 7.08. The van der Waals surface area contributed by atoms with Crippen LogP contribution in [0.3, 0.4) is 0 Å². The van der Waals surface area contributed by atoms with Crippen LogP contribution in [0.25, 0.3) is 10.8 Å². The van der Waals surface area contributed by atoms with Gasteiger partial charge in [-0.25, -0.2) is 4.39 Å². The number of carbonyl (C=O) groups excluding carboxylic acids is 1. The third-order valence-electron chi connectivity index (χ3n) is 9.97. The number of piperidine rings is 1. The number of phenolic OH excluding ortho intramolecular Hbond substituents is 1. The predicted octanol–water partition coefficient (Wildman–Crippen LogP) is 5.33. The lowest BCUT2D eigenvalue weighted by molar-refractivity contribution is 0.0996. The molecule has 0 bridgehead atoms. The van der Waals surface area contributed by atoms with E-state index in [1.165, 1.54) is 12.1 Å². The highest BCUT2D eigenvalue weighted by atomic mass is 19.1. The van der Waals surface area contributed by atoms with Crippen LogP contribution in [0.4, 0.5) is 15.9 Å². The van der Waals surface area contributed by atoms with Crippen molar-refractivity contribution in [1.82, 2.24) is 14.9 Å². The van der Waals surface area contributed by atoms with Gasteiger partial charge in [0.1, 0.15) is 29.6 Å². The van der Waals surface area contributed by atoms with Crippen LogP contribution < -0.4 is 14.5 Å². The number of nitrogens with zero attached hydrogens (tertiary/aromatic N) is 6. The Morgan fingerprint density at radius 3 is 2.74 bits per heavy atom. The fraction of sp³-hybridized carbons (Fsp3) is 0.515. The monoisotopic (exact) mass is 584 g/mol. The van der Waals surface area contributed by atoms with Crippen molar-refractivity contribution in [2.75, 3.05) is 42.6 Å². The van der Waals surface area contributed by atoms with Gasteiger partial charge in [-0.05, 0) is 87.0 Å². The first-order chi connectivity index (χ1) is 20.9. The maximum absolute atomic E-state index is 15.0. The number of hydrogen-bond donors (Lipinski definition) is 1. The van der Waals surface area contributed by atoms with Gasteiger partial charge in [0.25, 0.3) is 5.91 Å². The molecule has 1 aromatic heterocycles. The lowest BCUT2D eigenvalue weighted by Crippen LogP contribution is -2.43. The SMILES string of the molecule is CCc1c(F)ccc2cc(O)cc(N3Cc4nc(OCC56CCCN5CCC6)nc(N5CCCC(CC#N)C5)c4C3=O)c12. The van der Waals surface area contributed by atoms with Gasteiger partial charge >= 0.3 is 6.01 Å². The maximum atomic E-state index is 15.0. The standard InChI is InChI=1S/C33H37FN6O3/c1-2-24-25(34)8-7-22-16-23(41)17-27(28(22)24)40-19-26-29(31(40)42)30(38-13-3-6-21(18-38)9-12-35)37-32(36-26)43-20-33-10-4-14-39(33)15-5-11-33/h7-8,16-17,21,41H,2-6,9-11,13-15,18-20H2,1H3. The Balaban J connectivity index is 1.29. The van der Waals surface area contributed by atoms with Crippen molar-refractivity contribution in [3.63, 3.8) is 0 Å². The number of anilines is 2. The summed E-state index contributed by atoms with van der Waals surface area (Å²) in [4.78, 5) is 30.2. The van der Waals surface area contributed by atoms with Crippen LogP contribution in [0.5, 0.6) is 11.8 Å². The van der Waals surface area contributed by atoms with E-state index < -0.39 is 0 Å². The number of benzene rings is 2. The quantitative estimate of drug-likeness (QED) is 0.397. The zero-order chi connectivity index (χ0) is 29.7. The van der Waals surface area contributed by atoms with Gasteiger partial charge in [-0.2, -0.15) is 15.2 Å². The topological polar surface area (TPSA) is 106 Å². The number of nitriles is 1. The fourth-order valence-corrected chi connectivity index (χ4v) is 7.90. The molecule has 3 fully saturated rings. The molecular formula is C33H37FN6O3. The Morgan fingerprint density at radius 1 is 1.16 bits per heavy atom. The number of aryl methyl sites for hydroxylation is 1. The lowest BCUT2D eigenvalue weighted by atomic mass is 9.95. The van der Waals surface area contributed by atoms with Gasteiger partial charge in [-0.1, -0.05) is 13.0 Å². The zero-order valence-electron chi connectivity index (χ0n) is 24.6. The number of rotatable bonds is 7. The van der Waals surface area contributed by atoms with E-state index in [-0.39, 0.29) is 41.5 Å². The molecule has 10 heteroatoms. The number of phenols is 1. The van der Waals surface area contributed by atoms with Gasteiger partial charge in [-0.3, -0.25) is 9.69 Å². The Labute approximate surface area is 250 Å². The molecule has 1 amide bonds. The second kappa shape index (κ2) is 10.9. The van der Waals surface area contributed by atoms with Gasteiger partial charge in [0, 0.05) is 31.0 Å². The Morgan fingerprint density at radius 2 is 1.98 bits per heavy atom. The first-order valence-corrected chi connectivity index (χ1v) is 15.6. The fourth-order valence-electron chi connectivity index (χ4n) is 7.90. The average molecular weight is 585 g/mol. The average Bonchev–Trinajstić information content (AvgIpc) is 3.68. The molecule has 9 nitrogen and oxygen atoms in total. The molecule has 3 saturated heterocycles. The van der Waals surface area contributed by atoms with E-state index in [1.54, 1.807) is 17.0 Å². The molecule has 1 unspecified atom stereocenters. The summed E-state index contributed by atoms with van der Waals surface area (Å²) >= 11 is 0. The summed E-state index contributed by atoms with van der Waals surface area (Å²) < 4.78 is 21.4. The summed E-state index contributed by atoms with van der Waals surface area (Å²) in [5.74, 6) is 0.104. The molecular weight excluding hydrogens is 547 g/mol. The summed E-state index contributed by atoms with van der Waals surface area (Å²) in [5, 5.41) is 21.3. The van der Waals surface area contributed by atoms with Gasteiger partial charge < -0.3 is 19.6 Å². The van der Waals surface area contributed by atoms with Gasteiger partial charge in [-0.15, -0.1) is 0 Å². The number of carbonyl (C=O) groups is 1. The number of amides is 1. The molecule has 224 valence electrons. The first kappa shape index (κ1) is 27.8. The van der Waals surface area contributed by atoms with Gasteiger partial charge in [0.2, 0.25) is 0 Å².